The standard InChI is InChI=1S/C23H18N2O6/c1-28-19-10-15-9-17(23(27)31-18(15)11-20(19)29-2)22(26)30-16-6-5-12-7-14(21(24)25)4-3-13(12)8-16/h3-11H,1-2H3,(H3,24,25). The molecule has 0 spiro atoms. The molecular weight excluding hydrogens is 400 g/mol. The van der Waals surface area contributed by atoms with Crippen molar-refractivity contribution < 1.29 is 23.4 Å². The summed E-state index contributed by atoms with van der Waals surface area (Å²) in [6.07, 6.45) is 0. The Morgan fingerprint density at radius 1 is 0.903 bits per heavy atom. The molecule has 0 radical (unpaired) electrons. The molecule has 0 aliphatic carbocycles. The topological polar surface area (TPSA) is 125 Å². The molecule has 31 heavy (non-hydrogen) atoms. The number of nitrogens with two attached hydrogens (primary N) is 1. The molecule has 8 heteroatoms. The molecule has 3 N–H and O–H groups in total. The lowest BCUT2D eigenvalue weighted by Crippen LogP contribution is -2.18. The third kappa shape index (κ3) is 3.78. The molecule has 0 saturated heterocycles. The number of amidine groups is 1. The van der Waals surface area contributed by atoms with Crippen LogP contribution in [-0.4, -0.2) is 26.0 Å². The van der Waals surface area contributed by atoms with E-state index in [1.54, 1.807) is 42.5 Å². The van der Waals surface area contributed by atoms with E-state index in [4.69, 9.17) is 29.8 Å². The molecule has 1 aromatic heterocycles. The van der Waals surface area contributed by atoms with Crippen molar-refractivity contribution in [2.75, 3.05) is 14.2 Å². The highest BCUT2D eigenvalue weighted by molar-refractivity contribution is 5.99. The van der Waals surface area contributed by atoms with E-state index in [2.05, 4.69) is 0 Å². The van der Waals surface area contributed by atoms with Crippen molar-refractivity contribution in [1.29, 1.82) is 5.41 Å². The minimum Gasteiger partial charge on any atom is -0.493 e. The molecule has 3 aromatic carbocycles. The summed E-state index contributed by atoms with van der Waals surface area (Å²) in [5.74, 6) is 0.222. The van der Waals surface area contributed by atoms with Gasteiger partial charge in [0.1, 0.15) is 22.7 Å². The summed E-state index contributed by atoms with van der Waals surface area (Å²) in [4.78, 5) is 25.0. The second-order valence-electron chi connectivity index (χ2n) is 6.72. The Balaban J connectivity index is 1.67. The van der Waals surface area contributed by atoms with Crippen molar-refractivity contribution in [3.8, 4) is 17.2 Å². The maximum atomic E-state index is 12.7. The van der Waals surface area contributed by atoms with Crippen molar-refractivity contribution in [2.45, 2.75) is 0 Å². The number of rotatable bonds is 5. The average molecular weight is 418 g/mol. The van der Waals surface area contributed by atoms with Crippen LogP contribution in [0.25, 0.3) is 21.7 Å². The predicted octanol–water partition coefficient (Wildman–Crippen LogP) is 3.47. The fourth-order valence-corrected chi connectivity index (χ4v) is 3.21. The third-order valence-corrected chi connectivity index (χ3v) is 4.79. The van der Waals surface area contributed by atoms with Gasteiger partial charge in [-0.1, -0.05) is 18.2 Å². The average Bonchev–Trinajstić information content (AvgIpc) is 2.77. The van der Waals surface area contributed by atoms with Gasteiger partial charge in [0.05, 0.1) is 14.2 Å². The van der Waals surface area contributed by atoms with Gasteiger partial charge in [-0.3, -0.25) is 5.41 Å². The van der Waals surface area contributed by atoms with Gasteiger partial charge in [-0.15, -0.1) is 0 Å². The van der Waals surface area contributed by atoms with Crippen LogP contribution in [0.1, 0.15) is 15.9 Å². The van der Waals surface area contributed by atoms with Gasteiger partial charge in [0, 0.05) is 17.0 Å². The number of carbonyl (C=O) groups is 1. The SMILES string of the molecule is COc1cc2cc(C(=O)Oc3ccc4cc(C(=N)N)ccc4c3)c(=O)oc2cc1OC. The third-order valence-electron chi connectivity index (χ3n) is 4.79. The Hall–Kier alpha value is -4.33. The van der Waals surface area contributed by atoms with E-state index in [9.17, 15) is 9.59 Å². The maximum Gasteiger partial charge on any atom is 0.351 e. The number of fused-ring (bicyclic) bond motifs is 2. The summed E-state index contributed by atoms with van der Waals surface area (Å²) in [5.41, 5.74) is 5.30. The maximum absolute atomic E-state index is 12.7. The highest BCUT2D eigenvalue weighted by Crippen LogP contribution is 2.32. The first-order valence-electron chi connectivity index (χ1n) is 9.20. The zero-order valence-corrected chi connectivity index (χ0v) is 16.7. The number of hydrogen-bond donors (Lipinski definition) is 2. The van der Waals surface area contributed by atoms with E-state index in [-0.39, 0.29) is 22.7 Å². The van der Waals surface area contributed by atoms with Crippen molar-refractivity contribution in [3.05, 3.63) is 76.1 Å². The van der Waals surface area contributed by atoms with Crippen LogP contribution in [-0.2, 0) is 0 Å². The fraction of sp³-hybridized carbons (Fsp3) is 0.0870. The first-order valence-corrected chi connectivity index (χ1v) is 9.20. The van der Waals surface area contributed by atoms with E-state index in [1.807, 2.05) is 0 Å². The van der Waals surface area contributed by atoms with Crippen molar-refractivity contribution in [3.63, 3.8) is 0 Å². The second-order valence-corrected chi connectivity index (χ2v) is 6.72. The van der Waals surface area contributed by atoms with Crippen LogP contribution in [0.15, 0.2) is 63.8 Å². The summed E-state index contributed by atoms with van der Waals surface area (Å²) in [6.45, 7) is 0. The van der Waals surface area contributed by atoms with Crippen LogP contribution >= 0.6 is 0 Å². The lowest BCUT2D eigenvalue weighted by molar-refractivity contribution is 0.0731. The molecule has 0 amide bonds. The molecule has 8 nitrogen and oxygen atoms in total. The summed E-state index contributed by atoms with van der Waals surface area (Å²) < 4.78 is 21.1. The van der Waals surface area contributed by atoms with Crippen LogP contribution in [0.4, 0.5) is 0 Å². The molecule has 4 aromatic rings. The van der Waals surface area contributed by atoms with Crippen molar-refractivity contribution in [1.82, 2.24) is 0 Å². The number of carbonyl (C=O) groups excluding carboxylic acids is 1. The minimum absolute atomic E-state index is 0.0327. The Morgan fingerprint density at radius 2 is 1.58 bits per heavy atom. The Kier molecular flexibility index (Phi) is 5.04. The number of esters is 1. The van der Waals surface area contributed by atoms with Crippen molar-refractivity contribution in [2.24, 2.45) is 5.73 Å². The number of methoxy groups -OCH3 is 2. The summed E-state index contributed by atoms with van der Waals surface area (Å²) in [5, 5.41) is 9.63. The van der Waals surface area contributed by atoms with Gasteiger partial charge in [0.2, 0.25) is 0 Å². The number of hydrogen-bond acceptors (Lipinski definition) is 7. The Labute approximate surface area is 176 Å². The lowest BCUT2D eigenvalue weighted by Gasteiger charge is -2.09. The number of nitrogens with one attached hydrogen (secondary N) is 1. The van der Waals surface area contributed by atoms with Crippen LogP contribution in [0.5, 0.6) is 17.2 Å². The minimum atomic E-state index is -0.842. The monoisotopic (exact) mass is 418 g/mol. The van der Waals surface area contributed by atoms with E-state index in [0.29, 0.717) is 22.4 Å². The quantitative estimate of drug-likeness (QED) is 0.167. The molecule has 1 heterocycles. The van der Waals surface area contributed by atoms with E-state index in [1.165, 1.54) is 26.4 Å². The predicted molar refractivity (Wildman–Crippen MR) is 116 cm³/mol. The largest absolute Gasteiger partial charge is 0.493 e. The van der Waals surface area contributed by atoms with Crippen molar-refractivity contribution >= 4 is 33.5 Å². The van der Waals surface area contributed by atoms with Crippen LogP contribution in [0, 0.1) is 5.41 Å². The summed E-state index contributed by atoms with van der Waals surface area (Å²) in [7, 11) is 2.95. The van der Waals surface area contributed by atoms with Gasteiger partial charge in [0.15, 0.2) is 11.5 Å². The second kappa shape index (κ2) is 7.83. The van der Waals surface area contributed by atoms with E-state index >= 15 is 0 Å². The molecular formula is C23H18N2O6. The zero-order valence-electron chi connectivity index (χ0n) is 16.7. The molecule has 0 atom stereocenters. The van der Waals surface area contributed by atoms with Gasteiger partial charge < -0.3 is 24.4 Å². The van der Waals surface area contributed by atoms with E-state index in [0.717, 1.165) is 10.8 Å². The highest BCUT2D eigenvalue weighted by Gasteiger charge is 2.18. The summed E-state index contributed by atoms with van der Waals surface area (Å²) >= 11 is 0. The van der Waals surface area contributed by atoms with Crippen LogP contribution in [0.3, 0.4) is 0 Å². The normalized spacial score (nSPS) is 10.8. The number of nitrogen functional groups attached to an aromatic ring is 1. The number of benzene rings is 3. The summed E-state index contributed by atoms with van der Waals surface area (Å²) in [6, 6.07) is 14.8. The van der Waals surface area contributed by atoms with Gasteiger partial charge in [-0.2, -0.15) is 0 Å². The molecule has 0 unspecified atom stereocenters. The zero-order chi connectivity index (χ0) is 22.1. The molecule has 0 saturated carbocycles. The molecule has 0 fully saturated rings. The number of ether oxygens (including phenoxy) is 3. The van der Waals surface area contributed by atoms with Gasteiger partial charge >= 0.3 is 11.6 Å². The first kappa shape index (κ1) is 20.0. The molecule has 0 aliphatic heterocycles. The first-order chi connectivity index (χ1) is 14.9. The van der Waals surface area contributed by atoms with Gasteiger partial charge in [-0.05, 0) is 41.1 Å². The molecule has 0 bridgehead atoms. The van der Waals surface area contributed by atoms with Crippen LogP contribution < -0.4 is 25.6 Å². The van der Waals surface area contributed by atoms with Gasteiger partial charge in [0.25, 0.3) is 0 Å². The Bertz CT molecular complexity index is 1410. The smallest absolute Gasteiger partial charge is 0.351 e. The molecule has 4 rings (SSSR count). The molecule has 156 valence electrons. The van der Waals surface area contributed by atoms with E-state index < -0.39 is 11.6 Å². The lowest BCUT2D eigenvalue weighted by atomic mass is 10.1. The highest BCUT2D eigenvalue weighted by atomic mass is 16.5. The fourth-order valence-electron chi connectivity index (χ4n) is 3.21. The molecule has 0 aliphatic rings. The Morgan fingerprint density at radius 3 is 2.29 bits per heavy atom. The van der Waals surface area contributed by atoms with Crippen LogP contribution in [0.2, 0.25) is 0 Å². The van der Waals surface area contributed by atoms with Gasteiger partial charge in [-0.25, -0.2) is 9.59 Å².